The molecule has 0 fully saturated rings. The fourth-order valence-corrected chi connectivity index (χ4v) is 4.12. The summed E-state index contributed by atoms with van der Waals surface area (Å²) in [5.74, 6) is 2.00. The van der Waals surface area contributed by atoms with Crippen LogP contribution in [0, 0.1) is 5.92 Å². The Kier molecular flexibility index (Phi) is 5.03. The molecule has 1 aromatic carbocycles. The minimum absolute atomic E-state index is 0.325. The van der Waals surface area contributed by atoms with Crippen molar-refractivity contribution in [3.63, 3.8) is 0 Å². The summed E-state index contributed by atoms with van der Waals surface area (Å²) in [5.41, 5.74) is 3.34. The average Bonchev–Trinajstić information content (AvgIpc) is 3.15. The van der Waals surface area contributed by atoms with Gasteiger partial charge in [-0.3, -0.25) is 4.98 Å². The third kappa shape index (κ3) is 3.79. The van der Waals surface area contributed by atoms with Gasteiger partial charge in [-0.05, 0) is 42.0 Å². The maximum atomic E-state index is 4.85. The fourth-order valence-electron chi connectivity index (χ4n) is 4.12. The summed E-state index contributed by atoms with van der Waals surface area (Å²) in [6.45, 7) is 2.17. The standard InChI is InChI=1S/C28H22N6/c1-2-19-9-3-4-11-21(15-19)26-30-27(24-13-7-8-14-29-24)32-28(31-26)25-17-23-16-20-10-5-6-12-22(20)18-34(23)33-25/h3-19H,2H2,1H3. The van der Waals surface area contributed by atoms with Gasteiger partial charge in [-0.15, -0.1) is 0 Å². The van der Waals surface area contributed by atoms with Gasteiger partial charge in [0.15, 0.2) is 17.5 Å². The molecular weight excluding hydrogens is 420 g/mol. The Morgan fingerprint density at radius 1 is 0.824 bits per heavy atom. The zero-order valence-corrected chi connectivity index (χ0v) is 18.7. The minimum Gasteiger partial charge on any atom is -0.253 e. The lowest BCUT2D eigenvalue weighted by atomic mass is 10.0. The molecule has 1 unspecified atom stereocenters. The quantitative estimate of drug-likeness (QED) is 0.345. The van der Waals surface area contributed by atoms with Crippen molar-refractivity contribution in [1.82, 2.24) is 29.5 Å². The summed E-state index contributed by atoms with van der Waals surface area (Å²) >= 11 is 0. The second-order valence-electron chi connectivity index (χ2n) is 8.26. The molecule has 6 heteroatoms. The van der Waals surface area contributed by atoms with E-state index in [0.29, 0.717) is 34.8 Å². The maximum absolute atomic E-state index is 4.85. The first kappa shape index (κ1) is 20.2. The first-order valence-electron chi connectivity index (χ1n) is 11.4. The van der Waals surface area contributed by atoms with Gasteiger partial charge >= 0.3 is 0 Å². The van der Waals surface area contributed by atoms with E-state index in [9.17, 15) is 0 Å². The Hall–Kier alpha value is -4.45. The van der Waals surface area contributed by atoms with Gasteiger partial charge in [-0.25, -0.2) is 19.5 Å². The summed E-state index contributed by atoms with van der Waals surface area (Å²) < 4.78 is 1.88. The molecule has 4 heterocycles. The average molecular weight is 443 g/mol. The number of benzene rings is 1. The molecule has 6 rings (SSSR count). The lowest BCUT2D eigenvalue weighted by molar-refractivity contribution is 0.776. The summed E-state index contributed by atoms with van der Waals surface area (Å²) in [6, 6.07) is 18.1. The van der Waals surface area contributed by atoms with Crippen LogP contribution in [-0.2, 0) is 0 Å². The second-order valence-corrected chi connectivity index (χ2v) is 8.26. The molecule has 5 aromatic rings. The van der Waals surface area contributed by atoms with E-state index in [1.807, 2.05) is 59.3 Å². The van der Waals surface area contributed by atoms with Gasteiger partial charge in [0.2, 0.25) is 0 Å². The Morgan fingerprint density at radius 3 is 2.44 bits per heavy atom. The molecule has 1 atom stereocenters. The lowest BCUT2D eigenvalue weighted by Gasteiger charge is -2.08. The molecule has 1 aliphatic rings. The van der Waals surface area contributed by atoms with E-state index in [1.54, 1.807) is 6.20 Å². The first-order chi connectivity index (χ1) is 16.8. The van der Waals surface area contributed by atoms with Gasteiger partial charge in [0.1, 0.15) is 11.4 Å². The third-order valence-corrected chi connectivity index (χ3v) is 5.95. The van der Waals surface area contributed by atoms with E-state index in [1.165, 1.54) is 5.39 Å². The van der Waals surface area contributed by atoms with E-state index < -0.39 is 0 Å². The van der Waals surface area contributed by atoms with Gasteiger partial charge in [0.05, 0.1) is 5.52 Å². The topological polar surface area (TPSA) is 68.9 Å². The summed E-state index contributed by atoms with van der Waals surface area (Å²) in [6.07, 6.45) is 15.3. The van der Waals surface area contributed by atoms with Crippen LogP contribution < -0.4 is 0 Å². The van der Waals surface area contributed by atoms with Crippen molar-refractivity contribution < 1.29 is 0 Å². The number of hydrogen-bond acceptors (Lipinski definition) is 5. The molecule has 0 aliphatic heterocycles. The van der Waals surface area contributed by atoms with Crippen LogP contribution in [-0.4, -0.2) is 29.5 Å². The molecule has 4 aromatic heterocycles. The molecule has 0 saturated heterocycles. The first-order valence-corrected chi connectivity index (χ1v) is 11.4. The predicted octanol–water partition coefficient (Wildman–Crippen LogP) is 5.94. The molecule has 0 amide bonds. The van der Waals surface area contributed by atoms with Crippen molar-refractivity contribution in [2.45, 2.75) is 13.3 Å². The molecular formula is C28H22N6. The summed E-state index contributed by atoms with van der Waals surface area (Å²) in [7, 11) is 0. The van der Waals surface area contributed by atoms with Crippen molar-refractivity contribution in [2.75, 3.05) is 0 Å². The van der Waals surface area contributed by atoms with Crippen LogP contribution >= 0.6 is 0 Å². The molecule has 164 valence electrons. The van der Waals surface area contributed by atoms with Crippen LogP contribution in [0.4, 0.5) is 0 Å². The number of rotatable bonds is 4. The van der Waals surface area contributed by atoms with E-state index >= 15 is 0 Å². The molecule has 0 saturated carbocycles. The van der Waals surface area contributed by atoms with Gasteiger partial charge in [-0.1, -0.05) is 67.6 Å². The molecule has 1 aliphatic carbocycles. The van der Waals surface area contributed by atoms with E-state index in [2.05, 4.69) is 48.3 Å². The fraction of sp³-hybridized carbons (Fsp3) is 0.107. The highest BCUT2D eigenvalue weighted by atomic mass is 15.2. The molecule has 0 bridgehead atoms. The van der Waals surface area contributed by atoms with E-state index in [0.717, 1.165) is 22.9 Å². The molecule has 0 radical (unpaired) electrons. The van der Waals surface area contributed by atoms with Crippen molar-refractivity contribution in [2.24, 2.45) is 5.92 Å². The highest BCUT2D eigenvalue weighted by Gasteiger charge is 2.17. The van der Waals surface area contributed by atoms with Crippen LogP contribution in [0.25, 0.3) is 44.9 Å². The number of allylic oxidation sites excluding steroid dienone is 6. The van der Waals surface area contributed by atoms with Crippen LogP contribution in [0.2, 0.25) is 0 Å². The summed E-state index contributed by atoms with van der Waals surface area (Å²) in [5, 5.41) is 7.09. The minimum atomic E-state index is 0.325. The van der Waals surface area contributed by atoms with E-state index in [-0.39, 0.29) is 0 Å². The third-order valence-electron chi connectivity index (χ3n) is 5.95. The predicted molar refractivity (Wildman–Crippen MR) is 135 cm³/mol. The number of fused-ring (bicyclic) bond motifs is 2. The Morgan fingerprint density at radius 2 is 1.62 bits per heavy atom. The van der Waals surface area contributed by atoms with Crippen molar-refractivity contribution in [3.8, 4) is 23.0 Å². The van der Waals surface area contributed by atoms with Crippen molar-refractivity contribution in [3.05, 3.63) is 103 Å². The Labute approximate surface area is 197 Å². The Balaban J connectivity index is 1.53. The summed E-state index contributed by atoms with van der Waals surface area (Å²) in [4.78, 5) is 18.9. The zero-order chi connectivity index (χ0) is 22.9. The number of hydrogen-bond donors (Lipinski definition) is 0. The number of nitrogens with zero attached hydrogens (tertiary/aromatic N) is 6. The smallest absolute Gasteiger partial charge is 0.184 e. The van der Waals surface area contributed by atoms with Gasteiger partial charge < -0.3 is 0 Å². The number of aromatic nitrogens is 6. The van der Waals surface area contributed by atoms with Crippen LogP contribution in [0.15, 0.2) is 97.4 Å². The highest BCUT2D eigenvalue weighted by molar-refractivity contribution is 5.86. The SMILES string of the molecule is CCC1C=CC=CC(c2nc(-c3ccccn3)nc(-c3cc4cc5ccccc5cn4n3)n2)=C1. The van der Waals surface area contributed by atoms with Gasteiger partial charge in [0.25, 0.3) is 0 Å². The second kappa shape index (κ2) is 8.48. The zero-order valence-electron chi connectivity index (χ0n) is 18.7. The van der Waals surface area contributed by atoms with Crippen LogP contribution in [0.1, 0.15) is 19.2 Å². The molecule has 0 N–H and O–H groups in total. The van der Waals surface area contributed by atoms with Crippen molar-refractivity contribution >= 4 is 21.9 Å². The van der Waals surface area contributed by atoms with Gasteiger partial charge in [0, 0.05) is 23.4 Å². The van der Waals surface area contributed by atoms with Crippen LogP contribution in [0.5, 0.6) is 0 Å². The monoisotopic (exact) mass is 442 g/mol. The van der Waals surface area contributed by atoms with Crippen molar-refractivity contribution in [1.29, 1.82) is 0 Å². The van der Waals surface area contributed by atoms with Crippen LogP contribution in [0.3, 0.4) is 0 Å². The molecule has 6 nitrogen and oxygen atoms in total. The normalized spacial score (nSPS) is 15.6. The number of pyridine rings is 2. The van der Waals surface area contributed by atoms with Gasteiger partial charge in [-0.2, -0.15) is 5.10 Å². The highest BCUT2D eigenvalue weighted by Crippen LogP contribution is 2.26. The Bertz CT molecular complexity index is 1540. The maximum Gasteiger partial charge on any atom is 0.184 e. The lowest BCUT2D eigenvalue weighted by Crippen LogP contribution is -2.04. The molecule has 34 heavy (non-hydrogen) atoms. The largest absolute Gasteiger partial charge is 0.253 e. The van der Waals surface area contributed by atoms with E-state index in [4.69, 9.17) is 20.1 Å². The molecule has 0 spiro atoms.